The smallest absolute Gasteiger partial charge is 0.262 e. The van der Waals surface area contributed by atoms with Gasteiger partial charge in [0.1, 0.15) is 5.75 Å². The van der Waals surface area contributed by atoms with Crippen LogP contribution in [0.15, 0.2) is 48.5 Å². The SMILES string of the molecule is O=C(COc1ccccc1I)Nc1ccccc1C(=O)NC1CCCC1. The highest BCUT2D eigenvalue weighted by atomic mass is 127. The van der Waals surface area contributed by atoms with E-state index in [4.69, 9.17) is 4.74 Å². The maximum atomic E-state index is 12.5. The molecule has 0 unspecified atom stereocenters. The number of rotatable bonds is 6. The van der Waals surface area contributed by atoms with Gasteiger partial charge in [-0.3, -0.25) is 9.59 Å². The van der Waals surface area contributed by atoms with Crippen molar-refractivity contribution >= 4 is 40.1 Å². The molecule has 2 aromatic rings. The first-order chi connectivity index (χ1) is 12.6. The standard InChI is InChI=1S/C20H21IN2O3/c21-16-10-4-6-12-18(16)26-13-19(24)23-17-11-5-3-9-15(17)20(25)22-14-7-1-2-8-14/h3-6,9-12,14H,1-2,7-8,13H2,(H,22,25)(H,23,24). The molecule has 0 aliphatic heterocycles. The molecule has 5 nitrogen and oxygen atoms in total. The summed E-state index contributed by atoms with van der Waals surface area (Å²) in [4.78, 5) is 24.8. The number of hydrogen-bond acceptors (Lipinski definition) is 3. The van der Waals surface area contributed by atoms with Gasteiger partial charge in [-0.25, -0.2) is 0 Å². The zero-order valence-corrected chi connectivity index (χ0v) is 16.5. The molecule has 26 heavy (non-hydrogen) atoms. The minimum absolute atomic E-state index is 0.113. The third-order valence-electron chi connectivity index (χ3n) is 4.33. The van der Waals surface area contributed by atoms with E-state index in [1.807, 2.05) is 24.3 Å². The molecule has 2 N–H and O–H groups in total. The number of para-hydroxylation sites is 2. The molecule has 2 aromatic carbocycles. The Labute approximate surface area is 166 Å². The number of carbonyl (C=O) groups is 2. The molecule has 0 bridgehead atoms. The van der Waals surface area contributed by atoms with Crippen LogP contribution in [0.5, 0.6) is 5.75 Å². The summed E-state index contributed by atoms with van der Waals surface area (Å²) in [7, 11) is 0. The van der Waals surface area contributed by atoms with E-state index in [-0.39, 0.29) is 24.5 Å². The number of carbonyl (C=O) groups excluding carboxylic acids is 2. The molecule has 136 valence electrons. The van der Waals surface area contributed by atoms with Gasteiger partial charge in [-0.2, -0.15) is 0 Å². The van der Waals surface area contributed by atoms with E-state index in [0.717, 1.165) is 29.3 Å². The van der Waals surface area contributed by atoms with Crippen molar-refractivity contribution in [3.63, 3.8) is 0 Å². The number of amides is 2. The highest BCUT2D eigenvalue weighted by Gasteiger charge is 2.20. The fraction of sp³-hybridized carbons (Fsp3) is 0.300. The molecule has 1 aliphatic carbocycles. The van der Waals surface area contributed by atoms with Crippen molar-refractivity contribution in [1.82, 2.24) is 5.32 Å². The predicted molar refractivity (Wildman–Crippen MR) is 109 cm³/mol. The molecule has 1 fully saturated rings. The van der Waals surface area contributed by atoms with Gasteiger partial charge in [0.25, 0.3) is 11.8 Å². The van der Waals surface area contributed by atoms with E-state index in [9.17, 15) is 9.59 Å². The number of anilines is 1. The maximum Gasteiger partial charge on any atom is 0.262 e. The summed E-state index contributed by atoms with van der Waals surface area (Å²) in [6.07, 6.45) is 4.34. The first-order valence-corrected chi connectivity index (χ1v) is 9.78. The molecule has 0 atom stereocenters. The molecule has 2 amide bonds. The summed E-state index contributed by atoms with van der Waals surface area (Å²) in [5.41, 5.74) is 0.974. The van der Waals surface area contributed by atoms with Gasteiger partial charge in [0, 0.05) is 6.04 Å². The number of nitrogens with one attached hydrogen (secondary N) is 2. The van der Waals surface area contributed by atoms with Crippen molar-refractivity contribution in [2.24, 2.45) is 0 Å². The summed E-state index contributed by atoms with van der Waals surface area (Å²) in [5.74, 6) is 0.215. The van der Waals surface area contributed by atoms with Gasteiger partial charge in [-0.05, 0) is 59.7 Å². The lowest BCUT2D eigenvalue weighted by Gasteiger charge is -2.15. The van der Waals surface area contributed by atoms with Gasteiger partial charge in [0.15, 0.2) is 6.61 Å². The third-order valence-corrected chi connectivity index (χ3v) is 5.22. The second-order valence-electron chi connectivity index (χ2n) is 6.27. The zero-order valence-electron chi connectivity index (χ0n) is 14.3. The number of halogens is 1. The Morgan fingerprint density at radius 2 is 1.73 bits per heavy atom. The highest BCUT2D eigenvalue weighted by Crippen LogP contribution is 2.21. The van der Waals surface area contributed by atoms with Crippen molar-refractivity contribution in [2.75, 3.05) is 11.9 Å². The van der Waals surface area contributed by atoms with Gasteiger partial charge in [0.2, 0.25) is 0 Å². The molecule has 6 heteroatoms. The molecule has 3 rings (SSSR count). The number of hydrogen-bond donors (Lipinski definition) is 2. The molecule has 0 spiro atoms. The first kappa shape index (κ1) is 18.7. The average Bonchev–Trinajstić information content (AvgIpc) is 3.14. The Morgan fingerprint density at radius 1 is 1.04 bits per heavy atom. The van der Waals surface area contributed by atoms with Crippen LogP contribution >= 0.6 is 22.6 Å². The minimum atomic E-state index is -0.300. The fourth-order valence-corrected chi connectivity index (χ4v) is 3.56. The lowest BCUT2D eigenvalue weighted by Crippen LogP contribution is -2.33. The summed E-state index contributed by atoms with van der Waals surface area (Å²) < 4.78 is 6.50. The molecule has 0 heterocycles. The van der Waals surface area contributed by atoms with Crippen molar-refractivity contribution in [3.8, 4) is 5.75 Å². The van der Waals surface area contributed by atoms with E-state index in [1.54, 1.807) is 24.3 Å². The zero-order chi connectivity index (χ0) is 18.4. The van der Waals surface area contributed by atoms with Crippen LogP contribution in [0.25, 0.3) is 0 Å². The maximum absolute atomic E-state index is 12.5. The first-order valence-electron chi connectivity index (χ1n) is 8.70. The Kier molecular flexibility index (Phi) is 6.49. The fourth-order valence-electron chi connectivity index (χ4n) is 3.01. The monoisotopic (exact) mass is 464 g/mol. The lowest BCUT2D eigenvalue weighted by atomic mass is 10.1. The van der Waals surface area contributed by atoms with Crippen LogP contribution in [0.2, 0.25) is 0 Å². The van der Waals surface area contributed by atoms with Gasteiger partial charge in [-0.1, -0.05) is 37.1 Å². The summed E-state index contributed by atoms with van der Waals surface area (Å²) in [6, 6.07) is 14.8. The Bertz CT molecular complexity index is 788. The Balaban J connectivity index is 1.61. The molecular formula is C20H21IN2O3. The van der Waals surface area contributed by atoms with Crippen LogP contribution in [-0.4, -0.2) is 24.5 Å². The largest absolute Gasteiger partial charge is 0.483 e. The van der Waals surface area contributed by atoms with E-state index < -0.39 is 0 Å². The second-order valence-corrected chi connectivity index (χ2v) is 7.43. The van der Waals surface area contributed by atoms with Crippen LogP contribution in [0.4, 0.5) is 5.69 Å². The minimum Gasteiger partial charge on any atom is -0.483 e. The van der Waals surface area contributed by atoms with Gasteiger partial charge < -0.3 is 15.4 Å². The second kappa shape index (κ2) is 9.02. The normalized spacial score (nSPS) is 14.0. The Morgan fingerprint density at radius 3 is 2.50 bits per heavy atom. The predicted octanol–water partition coefficient (Wildman–Crippen LogP) is 3.98. The molecular weight excluding hydrogens is 443 g/mol. The van der Waals surface area contributed by atoms with E-state index in [2.05, 4.69) is 33.2 Å². The van der Waals surface area contributed by atoms with E-state index in [1.165, 1.54) is 0 Å². The highest BCUT2D eigenvalue weighted by molar-refractivity contribution is 14.1. The van der Waals surface area contributed by atoms with Gasteiger partial charge >= 0.3 is 0 Å². The molecule has 0 aromatic heterocycles. The van der Waals surface area contributed by atoms with Gasteiger partial charge in [-0.15, -0.1) is 0 Å². The summed E-state index contributed by atoms with van der Waals surface area (Å²) in [5, 5.41) is 5.83. The topological polar surface area (TPSA) is 67.4 Å². The van der Waals surface area contributed by atoms with Crippen LogP contribution in [0.3, 0.4) is 0 Å². The van der Waals surface area contributed by atoms with Crippen molar-refractivity contribution in [2.45, 2.75) is 31.7 Å². The van der Waals surface area contributed by atoms with Crippen molar-refractivity contribution in [3.05, 3.63) is 57.7 Å². The van der Waals surface area contributed by atoms with E-state index in [0.29, 0.717) is 17.0 Å². The van der Waals surface area contributed by atoms with Gasteiger partial charge in [0.05, 0.1) is 14.8 Å². The van der Waals surface area contributed by atoms with Crippen LogP contribution < -0.4 is 15.4 Å². The molecule has 1 aliphatic rings. The van der Waals surface area contributed by atoms with E-state index >= 15 is 0 Å². The Hall–Kier alpha value is -2.09. The van der Waals surface area contributed by atoms with Crippen LogP contribution in [0.1, 0.15) is 36.0 Å². The van der Waals surface area contributed by atoms with Crippen LogP contribution in [0, 0.1) is 3.57 Å². The molecule has 0 radical (unpaired) electrons. The average molecular weight is 464 g/mol. The van der Waals surface area contributed by atoms with Crippen molar-refractivity contribution in [1.29, 1.82) is 0 Å². The quantitative estimate of drug-likeness (QED) is 0.636. The summed E-state index contributed by atoms with van der Waals surface area (Å²) in [6.45, 7) is -0.113. The number of benzene rings is 2. The number of ether oxygens (including phenoxy) is 1. The summed E-state index contributed by atoms with van der Waals surface area (Å²) >= 11 is 2.16. The molecule has 1 saturated carbocycles. The van der Waals surface area contributed by atoms with Crippen molar-refractivity contribution < 1.29 is 14.3 Å². The molecule has 0 saturated heterocycles. The third kappa shape index (κ3) is 4.97. The lowest BCUT2D eigenvalue weighted by molar-refractivity contribution is -0.118. The van der Waals surface area contributed by atoms with Crippen LogP contribution in [-0.2, 0) is 4.79 Å².